The number of hydrogen-bond acceptors (Lipinski definition) is 5. The molecule has 0 aliphatic carbocycles. The van der Waals surface area contributed by atoms with Gasteiger partial charge in [-0.05, 0) is 24.3 Å². The zero-order valence-electron chi connectivity index (χ0n) is 18.3. The minimum atomic E-state index is -1.01. The highest BCUT2D eigenvalue weighted by Crippen LogP contribution is 2.39. The first kappa shape index (κ1) is 21.6. The molecule has 0 radical (unpaired) electrons. The number of benzene rings is 2. The minimum absolute atomic E-state index is 0.0811. The van der Waals surface area contributed by atoms with Crippen molar-refractivity contribution >= 4 is 56.4 Å². The summed E-state index contributed by atoms with van der Waals surface area (Å²) in [6, 6.07) is 12.7. The van der Waals surface area contributed by atoms with Crippen molar-refractivity contribution < 1.29 is 24.6 Å². The van der Waals surface area contributed by atoms with Crippen LogP contribution in [0.1, 0.15) is 18.1 Å². The van der Waals surface area contributed by atoms with Crippen molar-refractivity contribution in [2.75, 3.05) is 11.9 Å². The van der Waals surface area contributed by atoms with Crippen LogP contribution in [0, 0.1) is 0 Å². The molecule has 0 bridgehead atoms. The maximum atomic E-state index is 13.1. The zero-order valence-corrected chi connectivity index (χ0v) is 18.3. The lowest BCUT2D eigenvalue weighted by atomic mass is 9.95. The third-order valence-corrected chi connectivity index (χ3v) is 5.88. The van der Waals surface area contributed by atoms with Crippen molar-refractivity contribution in [1.82, 2.24) is 14.9 Å². The number of aliphatic hydroxyl groups is 2. The fraction of sp³-hybridized carbons (Fsp3) is 0.160. The first-order valence-corrected chi connectivity index (χ1v) is 10.7. The number of amides is 3. The molecule has 172 valence electrons. The van der Waals surface area contributed by atoms with Gasteiger partial charge in [-0.1, -0.05) is 18.2 Å². The van der Waals surface area contributed by atoms with E-state index in [0.29, 0.717) is 27.7 Å². The molecule has 2 aromatic heterocycles. The molecule has 9 heteroatoms. The molecular weight excluding hydrogens is 436 g/mol. The summed E-state index contributed by atoms with van der Waals surface area (Å²) in [6.45, 7) is 1.05. The van der Waals surface area contributed by atoms with Crippen LogP contribution in [-0.4, -0.2) is 50.2 Å². The molecule has 3 amide bonds. The highest BCUT2D eigenvalue weighted by molar-refractivity contribution is 6.50. The number of para-hydroxylation sites is 1. The van der Waals surface area contributed by atoms with Crippen LogP contribution in [0.25, 0.3) is 33.0 Å². The highest BCUT2D eigenvalue weighted by atomic mass is 16.3. The van der Waals surface area contributed by atoms with Gasteiger partial charge >= 0.3 is 0 Å². The van der Waals surface area contributed by atoms with E-state index in [9.17, 15) is 24.6 Å². The zero-order chi connectivity index (χ0) is 24.0. The van der Waals surface area contributed by atoms with Crippen molar-refractivity contribution in [2.45, 2.75) is 19.6 Å². The van der Waals surface area contributed by atoms with Gasteiger partial charge in [0.05, 0.1) is 30.4 Å². The number of aromatic nitrogens is 2. The fourth-order valence-corrected chi connectivity index (χ4v) is 4.46. The van der Waals surface area contributed by atoms with E-state index in [2.05, 4.69) is 15.6 Å². The first-order chi connectivity index (χ1) is 16.4. The largest absolute Gasteiger partial charge is 0.394 e. The first-order valence-electron chi connectivity index (χ1n) is 10.7. The van der Waals surface area contributed by atoms with Crippen LogP contribution in [0.4, 0.5) is 5.69 Å². The predicted octanol–water partition coefficient (Wildman–Crippen LogP) is 2.00. The molecule has 1 unspecified atom stereocenters. The van der Waals surface area contributed by atoms with E-state index >= 15 is 0 Å². The van der Waals surface area contributed by atoms with Crippen LogP contribution in [0.3, 0.4) is 0 Å². The molecule has 1 atom stereocenters. The molecular formula is C25H22N4O5. The molecule has 2 aromatic carbocycles. The van der Waals surface area contributed by atoms with Gasteiger partial charge in [0, 0.05) is 57.9 Å². The number of fused-ring (bicyclic) bond motifs is 2. The summed E-state index contributed by atoms with van der Waals surface area (Å²) >= 11 is 0. The number of H-pyrrole nitrogens is 1. The van der Waals surface area contributed by atoms with Crippen molar-refractivity contribution in [3.8, 4) is 0 Å². The lowest BCUT2D eigenvalue weighted by molar-refractivity contribution is -0.123. The molecule has 5 rings (SSSR count). The number of nitrogens with zero attached hydrogens (tertiary/aromatic N) is 1. The molecule has 0 saturated carbocycles. The summed E-state index contributed by atoms with van der Waals surface area (Å²) in [7, 11) is 0. The SMILES string of the molecule is CC(=O)Nc1ccc2c(c1)c(C1=C(c3c[nH]c4ccccc34)C(=O)NC1=O)cn2CC(O)CO. The number of carbonyl (C=O) groups excluding carboxylic acids is 3. The minimum Gasteiger partial charge on any atom is -0.394 e. The Morgan fingerprint density at radius 3 is 2.53 bits per heavy atom. The van der Waals surface area contributed by atoms with Crippen LogP contribution in [0.2, 0.25) is 0 Å². The van der Waals surface area contributed by atoms with Gasteiger partial charge in [0.25, 0.3) is 11.8 Å². The third-order valence-electron chi connectivity index (χ3n) is 5.88. The molecule has 1 aliphatic rings. The van der Waals surface area contributed by atoms with Crippen LogP contribution in [0.15, 0.2) is 54.9 Å². The van der Waals surface area contributed by atoms with Crippen LogP contribution >= 0.6 is 0 Å². The van der Waals surface area contributed by atoms with Gasteiger partial charge in [0.15, 0.2) is 0 Å². The Morgan fingerprint density at radius 1 is 1.06 bits per heavy atom. The van der Waals surface area contributed by atoms with Gasteiger partial charge in [-0.15, -0.1) is 0 Å². The van der Waals surface area contributed by atoms with E-state index in [0.717, 1.165) is 10.9 Å². The predicted molar refractivity (Wildman–Crippen MR) is 128 cm³/mol. The van der Waals surface area contributed by atoms with Gasteiger partial charge in [-0.2, -0.15) is 0 Å². The maximum Gasteiger partial charge on any atom is 0.259 e. The smallest absolute Gasteiger partial charge is 0.259 e. The third kappa shape index (κ3) is 3.57. The Labute approximate surface area is 193 Å². The van der Waals surface area contributed by atoms with E-state index in [1.54, 1.807) is 35.2 Å². The second-order valence-electron chi connectivity index (χ2n) is 8.23. The quantitative estimate of drug-likeness (QED) is 0.282. The summed E-state index contributed by atoms with van der Waals surface area (Å²) in [5, 5.41) is 26.0. The van der Waals surface area contributed by atoms with Crippen molar-refractivity contribution in [3.05, 3.63) is 66.0 Å². The molecule has 4 aromatic rings. The Balaban J connectivity index is 1.78. The van der Waals surface area contributed by atoms with Crippen LogP contribution in [-0.2, 0) is 20.9 Å². The molecule has 3 heterocycles. The number of aliphatic hydroxyl groups excluding tert-OH is 2. The Bertz CT molecular complexity index is 1510. The van der Waals surface area contributed by atoms with Crippen LogP contribution in [0.5, 0.6) is 0 Å². The molecule has 5 N–H and O–H groups in total. The number of rotatable bonds is 6. The average Bonchev–Trinajstić information content (AvgIpc) is 3.46. The summed E-state index contributed by atoms with van der Waals surface area (Å²) in [4.78, 5) is 40.8. The summed E-state index contributed by atoms with van der Waals surface area (Å²) in [5.74, 6) is -1.28. The number of imide groups is 1. The van der Waals surface area contributed by atoms with Crippen molar-refractivity contribution in [3.63, 3.8) is 0 Å². The maximum absolute atomic E-state index is 13.1. The van der Waals surface area contributed by atoms with Gasteiger partial charge in [-0.3, -0.25) is 19.7 Å². The highest BCUT2D eigenvalue weighted by Gasteiger charge is 2.35. The van der Waals surface area contributed by atoms with Gasteiger partial charge < -0.3 is 25.1 Å². The van der Waals surface area contributed by atoms with E-state index in [1.807, 2.05) is 24.3 Å². The second kappa shape index (κ2) is 8.29. The van der Waals surface area contributed by atoms with E-state index in [4.69, 9.17) is 0 Å². The molecule has 0 spiro atoms. The van der Waals surface area contributed by atoms with Gasteiger partial charge in [-0.25, -0.2) is 0 Å². The Morgan fingerprint density at radius 2 is 1.79 bits per heavy atom. The molecule has 1 aliphatic heterocycles. The number of carbonyl (C=O) groups is 3. The van der Waals surface area contributed by atoms with Crippen LogP contribution < -0.4 is 10.6 Å². The Kier molecular flexibility index (Phi) is 5.27. The van der Waals surface area contributed by atoms with E-state index in [-0.39, 0.29) is 23.6 Å². The lowest BCUT2D eigenvalue weighted by Gasteiger charge is -2.10. The summed E-state index contributed by atoms with van der Waals surface area (Å²) in [5.41, 5.74) is 3.57. The average molecular weight is 458 g/mol. The topological polar surface area (TPSA) is 136 Å². The number of aromatic amines is 1. The second-order valence-corrected chi connectivity index (χ2v) is 8.23. The van der Waals surface area contributed by atoms with Crippen molar-refractivity contribution in [2.24, 2.45) is 0 Å². The summed E-state index contributed by atoms with van der Waals surface area (Å²) < 4.78 is 1.72. The van der Waals surface area contributed by atoms with Gasteiger partial charge in [0.1, 0.15) is 0 Å². The molecule has 0 fully saturated rings. The molecule has 0 saturated heterocycles. The molecule has 9 nitrogen and oxygen atoms in total. The van der Waals surface area contributed by atoms with Gasteiger partial charge in [0.2, 0.25) is 5.91 Å². The van der Waals surface area contributed by atoms with Crippen molar-refractivity contribution in [1.29, 1.82) is 0 Å². The Hall–Kier alpha value is -4.21. The lowest BCUT2D eigenvalue weighted by Crippen LogP contribution is -2.22. The standard InChI is InChI=1S/C25H22N4O5/c1-13(31)27-14-6-7-21-17(8-14)19(11-29(21)10-15(32)12-30)23-22(24(33)28-25(23)34)18-9-26-20-5-3-2-4-16(18)20/h2-9,11,15,26,30,32H,10,12H2,1H3,(H,27,31)(H,28,33,34). The molecule has 34 heavy (non-hydrogen) atoms. The number of hydrogen-bond donors (Lipinski definition) is 5. The monoisotopic (exact) mass is 458 g/mol. The number of anilines is 1. The summed E-state index contributed by atoms with van der Waals surface area (Å²) in [6.07, 6.45) is 2.37. The van der Waals surface area contributed by atoms with E-state index in [1.165, 1.54) is 6.92 Å². The normalized spacial score (nSPS) is 14.8. The fourth-order valence-electron chi connectivity index (χ4n) is 4.46. The van der Waals surface area contributed by atoms with E-state index < -0.39 is 24.5 Å². The number of nitrogens with one attached hydrogen (secondary N) is 3.